The van der Waals surface area contributed by atoms with Gasteiger partial charge in [0.25, 0.3) is 0 Å². The second-order valence-electron chi connectivity index (χ2n) is 5.08. The first-order valence-corrected chi connectivity index (χ1v) is 6.16. The molecule has 2 bridgehead atoms. The van der Waals surface area contributed by atoms with Crippen molar-refractivity contribution < 1.29 is 9.47 Å². The van der Waals surface area contributed by atoms with Gasteiger partial charge in [0.05, 0.1) is 25.1 Å². The molecular formula is C13H22O2. The van der Waals surface area contributed by atoms with Gasteiger partial charge in [-0.3, -0.25) is 0 Å². The van der Waals surface area contributed by atoms with E-state index in [4.69, 9.17) is 9.47 Å². The summed E-state index contributed by atoms with van der Waals surface area (Å²) in [5, 5.41) is 0. The lowest BCUT2D eigenvalue weighted by molar-refractivity contribution is 0.0897. The van der Waals surface area contributed by atoms with Crippen LogP contribution in [0.25, 0.3) is 0 Å². The molecule has 86 valence electrons. The van der Waals surface area contributed by atoms with Gasteiger partial charge in [-0.1, -0.05) is 0 Å². The van der Waals surface area contributed by atoms with E-state index < -0.39 is 0 Å². The topological polar surface area (TPSA) is 18.5 Å². The molecule has 0 aliphatic carbocycles. The number of ether oxygens (including phenoxy) is 2. The normalized spacial score (nSPS) is 33.1. The molecule has 2 aliphatic rings. The summed E-state index contributed by atoms with van der Waals surface area (Å²) < 4.78 is 11.3. The Bertz CT molecular complexity index is 231. The number of allylic oxidation sites excluding steroid dienone is 1. The molecule has 0 N–H and O–H groups in total. The van der Waals surface area contributed by atoms with Crippen LogP contribution in [-0.4, -0.2) is 18.8 Å². The van der Waals surface area contributed by atoms with Crippen LogP contribution >= 0.6 is 0 Å². The zero-order chi connectivity index (χ0) is 10.7. The Labute approximate surface area is 92.6 Å². The van der Waals surface area contributed by atoms with Crippen molar-refractivity contribution in [3.63, 3.8) is 0 Å². The molecule has 2 fully saturated rings. The van der Waals surface area contributed by atoms with Gasteiger partial charge in [0.1, 0.15) is 0 Å². The van der Waals surface area contributed by atoms with Crippen molar-refractivity contribution >= 4 is 0 Å². The van der Waals surface area contributed by atoms with Crippen LogP contribution in [0.15, 0.2) is 11.8 Å². The second kappa shape index (κ2) is 5.02. The molecule has 0 aromatic carbocycles. The highest BCUT2D eigenvalue weighted by Gasteiger charge is 2.39. The molecular weight excluding hydrogens is 188 g/mol. The van der Waals surface area contributed by atoms with Crippen LogP contribution in [0.2, 0.25) is 0 Å². The molecule has 2 aliphatic heterocycles. The molecule has 0 amide bonds. The van der Waals surface area contributed by atoms with E-state index in [0.29, 0.717) is 12.2 Å². The fourth-order valence-electron chi connectivity index (χ4n) is 2.70. The van der Waals surface area contributed by atoms with Gasteiger partial charge in [0.2, 0.25) is 0 Å². The van der Waals surface area contributed by atoms with Gasteiger partial charge < -0.3 is 9.47 Å². The Kier molecular flexibility index (Phi) is 3.68. The number of fused-ring (bicyclic) bond motifs is 2. The van der Waals surface area contributed by atoms with Crippen LogP contribution in [0.3, 0.4) is 0 Å². The standard InChI is InChI=1S/C13H22O2/c1-10(2)9-14-7-3-4-11-8-12-5-6-13(11)15-12/h9,11-13H,3-8H2,1-2H3. The summed E-state index contributed by atoms with van der Waals surface area (Å²) >= 11 is 0. The van der Waals surface area contributed by atoms with E-state index in [-0.39, 0.29) is 0 Å². The van der Waals surface area contributed by atoms with Crippen molar-refractivity contribution in [2.24, 2.45) is 5.92 Å². The van der Waals surface area contributed by atoms with E-state index in [2.05, 4.69) is 13.8 Å². The van der Waals surface area contributed by atoms with Crippen LogP contribution in [0.4, 0.5) is 0 Å². The number of hydrogen-bond donors (Lipinski definition) is 0. The lowest BCUT2D eigenvalue weighted by Crippen LogP contribution is -2.16. The fraction of sp³-hybridized carbons (Fsp3) is 0.846. The van der Waals surface area contributed by atoms with Gasteiger partial charge in [0.15, 0.2) is 0 Å². The third-order valence-corrected chi connectivity index (χ3v) is 3.39. The smallest absolute Gasteiger partial charge is 0.0873 e. The van der Waals surface area contributed by atoms with Crippen molar-refractivity contribution in [3.05, 3.63) is 11.8 Å². The fourth-order valence-corrected chi connectivity index (χ4v) is 2.70. The molecule has 2 nitrogen and oxygen atoms in total. The summed E-state index contributed by atoms with van der Waals surface area (Å²) in [4.78, 5) is 0. The molecule has 0 saturated carbocycles. The van der Waals surface area contributed by atoms with E-state index in [1.54, 1.807) is 0 Å². The SMILES string of the molecule is CC(C)=COCCCC1CC2CCC1O2. The summed E-state index contributed by atoms with van der Waals surface area (Å²) in [5.41, 5.74) is 1.23. The minimum atomic E-state index is 0.582. The molecule has 3 unspecified atom stereocenters. The lowest BCUT2D eigenvalue weighted by atomic mass is 9.86. The molecule has 0 aromatic rings. The van der Waals surface area contributed by atoms with Crippen LogP contribution in [0.1, 0.15) is 46.0 Å². The first-order valence-electron chi connectivity index (χ1n) is 6.16. The zero-order valence-corrected chi connectivity index (χ0v) is 9.87. The second-order valence-corrected chi connectivity index (χ2v) is 5.08. The summed E-state index contributed by atoms with van der Waals surface area (Å²) in [6.45, 7) is 4.98. The molecule has 3 atom stereocenters. The monoisotopic (exact) mass is 210 g/mol. The van der Waals surface area contributed by atoms with Gasteiger partial charge in [-0.2, -0.15) is 0 Å². The third kappa shape index (κ3) is 2.97. The highest BCUT2D eigenvalue weighted by atomic mass is 16.5. The molecule has 2 heteroatoms. The predicted molar refractivity (Wildman–Crippen MR) is 60.6 cm³/mol. The maximum atomic E-state index is 5.83. The molecule has 2 saturated heterocycles. The summed E-state index contributed by atoms with van der Waals surface area (Å²) in [6, 6.07) is 0. The van der Waals surface area contributed by atoms with Crippen molar-refractivity contribution in [1.82, 2.24) is 0 Å². The minimum absolute atomic E-state index is 0.582. The Morgan fingerprint density at radius 1 is 1.40 bits per heavy atom. The minimum Gasteiger partial charge on any atom is -0.501 e. The van der Waals surface area contributed by atoms with Gasteiger partial charge >= 0.3 is 0 Å². The lowest BCUT2D eigenvalue weighted by Gasteiger charge is -2.17. The largest absolute Gasteiger partial charge is 0.501 e. The number of rotatable bonds is 5. The van der Waals surface area contributed by atoms with E-state index in [1.807, 2.05) is 6.26 Å². The van der Waals surface area contributed by atoms with Gasteiger partial charge in [0, 0.05) is 0 Å². The maximum absolute atomic E-state index is 5.83. The van der Waals surface area contributed by atoms with E-state index in [0.717, 1.165) is 12.5 Å². The van der Waals surface area contributed by atoms with Crippen LogP contribution in [-0.2, 0) is 9.47 Å². The Hall–Kier alpha value is -0.500. The average Bonchev–Trinajstić information content (AvgIpc) is 2.78. The zero-order valence-electron chi connectivity index (χ0n) is 9.87. The third-order valence-electron chi connectivity index (χ3n) is 3.39. The summed E-state index contributed by atoms with van der Waals surface area (Å²) in [6.07, 6.45) is 9.38. The highest BCUT2D eigenvalue weighted by molar-refractivity contribution is 4.89. The summed E-state index contributed by atoms with van der Waals surface area (Å²) in [5.74, 6) is 0.819. The van der Waals surface area contributed by atoms with Crippen LogP contribution in [0, 0.1) is 5.92 Å². The molecule has 15 heavy (non-hydrogen) atoms. The van der Waals surface area contributed by atoms with Crippen LogP contribution < -0.4 is 0 Å². The Balaban J connectivity index is 1.57. The van der Waals surface area contributed by atoms with Crippen molar-refractivity contribution in [1.29, 1.82) is 0 Å². The molecule has 2 heterocycles. The Morgan fingerprint density at radius 2 is 2.27 bits per heavy atom. The van der Waals surface area contributed by atoms with Gasteiger partial charge in [-0.25, -0.2) is 0 Å². The first kappa shape index (κ1) is 11.0. The van der Waals surface area contributed by atoms with Crippen LogP contribution in [0.5, 0.6) is 0 Å². The maximum Gasteiger partial charge on any atom is 0.0873 e. The summed E-state index contributed by atoms with van der Waals surface area (Å²) in [7, 11) is 0. The molecule has 0 aromatic heterocycles. The van der Waals surface area contributed by atoms with Gasteiger partial charge in [-0.05, 0) is 57.4 Å². The first-order chi connectivity index (χ1) is 7.25. The van der Waals surface area contributed by atoms with E-state index in [9.17, 15) is 0 Å². The quantitative estimate of drug-likeness (QED) is 0.512. The molecule has 0 spiro atoms. The van der Waals surface area contributed by atoms with Crippen molar-refractivity contribution in [2.75, 3.05) is 6.61 Å². The highest BCUT2D eigenvalue weighted by Crippen LogP contribution is 2.40. The Morgan fingerprint density at radius 3 is 2.87 bits per heavy atom. The molecule has 2 rings (SSSR count). The van der Waals surface area contributed by atoms with Gasteiger partial charge in [-0.15, -0.1) is 0 Å². The van der Waals surface area contributed by atoms with E-state index in [1.165, 1.54) is 37.7 Å². The predicted octanol–water partition coefficient (Wildman–Crippen LogP) is 3.27. The van der Waals surface area contributed by atoms with Crippen molar-refractivity contribution in [2.45, 2.75) is 58.2 Å². The average molecular weight is 210 g/mol. The van der Waals surface area contributed by atoms with E-state index >= 15 is 0 Å². The van der Waals surface area contributed by atoms with Crippen molar-refractivity contribution in [3.8, 4) is 0 Å². The molecule has 0 radical (unpaired) electrons. The number of hydrogen-bond acceptors (Lipinski definition) is 2.